The lowest BCUT2D eigenvalue weighted by molar-refractivity contribution is -0.385. The first-order valence-electron chi connectivity index (χ1n) is 7.31. The van der Waals surface area contributed by atoms with Gasteiger partial charge in [-0.1, -0.05) is 0 Å². The summed E-state index contributed by atoms with van der Waals surface area (Å²) in [5.74, 6) is 1.29. The maximum Gasteiger partial charge on any atom is 0.283 e. The molecule has 2 atom stereocenters. The number of thiophene rings is 1. The highest BCUT2D eigenvalue weighted by Gasteiger charge is 2.32. The number of aryl methyl sites for hydroxylation is 1. The molecule has 0 bridgehead atoms. The molecule has 1 amide bonds. The fraction of sp³-hybridized carbons (Fsp3) is 0.643. The Labute approximate surface area is 127 Å². The molecule has 3 rings (SSSR count). The van der Waals surface area contributed by atoms with Crippen LogP contribution in [0, 0.1) is 28.9 Å². The second kappa shape index (κ2) is 5.73. The molecular weight excluding hydrogens is 290 g/mol. The smallest absolute Gasteiger partial charge is 0.283 e. The van der Waals surface area contributed by atoms with E-state index in [1.54, 1.807) is 6.92 Å². The van der Waals surface area contributed by atoms with Crippen molar-refractivity contribution in [2.45, 2.75) is 19.8 Å². The van der Waals surface area contributed by atoms with Crippen molar-refractivity contribution >= 4 is 22.9 Å². The van der Waals surface area contributed by atoms with Crippen LogP contribution >= 0.6 is 11.3 Å². The van der Waals surface area contributed by atoms with Crippen LogP contribution < -0.4 is 5.32 Å². The van der Waals surface area contributed by atoms with E-state index in [1.807, 2.05) is 4.90 Å². The minimum Gasteiger partial charge on any atom is -0.338 e. The van der Waals surface area contributed by atoms with Gasteiger partial charge in [-0.2, -0.15) is 0 Å². The van der Waals surface area contributed by atoms with E-state index >= 15 is 0 Å². The third-order valence-corrected chi connectivity index (χ3v) is 5.63. The minimum absolute atomic E-state index is 0.0517. The molecule has 6 nitrogen and oxygen atoms in total. The van der Waals surface area contributed by atoms with Crippen LogP contribution in [-0.2, 0) is 0 Å². The lowest BCUT2D eigenvalue weighted by Crippen LogP contribution is -2.32. The zero-order valence-electron chi connectivity index (χ0n) is 12.0. The molecule has 2 aliphatic rings. The average Bonchev–Trinajstić information content (AvgIpc) is 3.00. The van der Waals surface area contributed by atoms with Gasteiger partial charge < -0.3 is 10.2 Å². The number of hydrogen-bond acceptors (Lipinski definition) is 5. The number of hydrogen-bond donors (Lipinski definition) is 1. The lowest BCUT2D eigenvalue weighted by atomic mass is 9.92. The lowest BCUT2D eigenvalue weighted by Gasteiger charge is -2.19. The van der Waals surface area contributed by atoms with Crippen molar-refractivity contribution in [3.05, 3.63) is 25.9 Å². The van der Waals surface area contributed by atoms with Crippen LogP contribution in [0.5, 0.6) is 0 Å². The summed E-state index contributed by atoms with van der Waals surface area (Å²) in [5, 5.41) is 14.3. The van der Waals surface area contributed by atoms with Crippen LogP contribution in [0.4, 0.5) is 5.69 Å². The van der Waals surface area contributed by atoms with E-state index in [-0.39, 0.29) is 11.6 Å². The molecule has 1 aromatic heterocycles. The number of likely N-dealkylation sites (tertiary alicyclic amines) is 1. The van der Waals surface area contributed by atoms with E-state index < -0.39 is 4.92 Å². The van der Waals surface area contributed by atoms with E-state index in [4.69, 9.17) is 0 Å². The van der Waals surface area contributed by atoms with Crippen LogP contribution in [0.25, 0.3) is 0 Å². The van der Waals surface area contributed by atoms with Crippen LogP contribution in [0.3, 0.4) is 0 Å². The van der Waals surface area contributed by atoms with Gasteiger partial charge in [-0.15, -0.1) is 11.3 Å². The summed E-state index contributed by atoms with van der Waals surface area (Å²) in [6.45, 7) is 5.31. The van der Waals surface area contributed by atoms with Crippen molar-refractivity contribution in [1.82, 2.24) is 10.2 Å². The van der Waals surface area contributed by atoms with Crippen molar-refractivity contribution < 1.29 is 9.72 Å². The highest BCUT2D eigenvalue weighted by molar-refractivity contribution is 7.14. The van der Waals surface area contributed by atoms with Crippen molar-refractivity contribution in [2.75, 3.05) is 26.2 Å². The van der Waals surface area contributed by atoms with Gasteiger partial charge in [-0.3, -0.25) is 14.9 Å². The van der Waals surface area contributed by atoms with E-state index in [0.717, 1.165) is 39.0 Å². The average molecular weight is 309 g/mol. The first kappa shape index (κ1) is 14.5. The fourth-order valence-electron chi connectivity index (χ4n) is 3.34. The molecule has 0 saturated carbocycles. The Kier molecular flexibility index (Phi) is 3.95. The monoisotopic (exact) mass is 309 g/mol. The maximum atomic E-state index is 12.6. The van der Waals surface area contributed by atoms with E-state index in [9.17, 15) is 14.9 Å². The predicted octanol–water partition coefficient (Wildman–Crippen LogP) is 2.04. The second-order valence-electron chi connectivity index (χ2n) is 5.86. The largest absolute Gasteiger partial charge is 0.338 e. The van der Waals surface area contributed by atoms with E-state index in [1.165, 1.54) is 17.4 Å². The van der Waals surface area contributed by atoms with Crippen LogP contribution in [0.15, 0.2) is 6.07 Å². The number of amides is 1. The number of carbonyl (C=O) groups excluding carboxylic acids is 1. The summed E-state index contributed by atoms with van der Waals surface area (Å²) in [6.07, 6.45) is 2.05. The summed E-state index contributed by atoms with van der Waals surface area (Å²) in [6, 6.07) is 1.43. The molecular formula is C14H19N3O3S. The number of carbonyl (C=O) groups is 1. The van der Waals surface area contributed by atoms with Gasteiger partial charge in [-0.05, 0) is 44.7 Å². The van der Waals surface area contributed by atoms with Crippen molar-refractivity contribution in [3.63, 3.8) is 0 Å². The third kappa shape index (κ3) is 2.80. The van der Waals surface area contributed by atoms with Crippen LogP contribution in [0.2, 0.25) is 0 Å². The summed E-state index contributed by atoms with van der Waals surface area (Å²) in [5.41, 5.74) is 0.0549. The molecule has 1 aromatic rings. The van der Waals surface area contributed by atoms with Gasteiger partial charge in [-0.25, -0.2) is 0 Å². The Bertz CT molecular complexity index is 558. The molecule has 0 unspecified atom stereocenters. The van der Waals surface area contributed by atoms with Gasteiger partial charge in [0.25, 0.3) is 11.6 Å². The van der Waals surface area contributed by atoms with Crippen molar-refractivity contribution in [3.8, 4) is 0 Å². The SMILES string of the molecule is Cc1sc(C(=O)N2CC[C@@H]3CNC[C@@H]3CC2)cc1[N+](=O)[O-]. The molecule has 0 aromatic carbocycles. The van der Waals surface area contributed by atoms with Crippen LogP contribution in [0.1, 0.15) is 27.4 Å². The Morgan fingerprint density at radius 1 is 1.38 bits per heavy atom. The zero-order valence-corrected chi connectivity index (χ0v) is 12.8. The number of nitrogens with one attached hydrogen (secondary N) is 1. The molecule has 3 heterocycles. The molecule has 0 radical (unpaired) electrons. The van der Waals surface area contributed by atoms with Crippen molar-refractivity contribution in [1.29, 1.82) is 0 Å². The number of fused-ring (bicyclic) bond motifs is 1. The summed E-state index contributed by atoms with van der Waals surface area (Å²) >= 11 is 1.23. The number of nitro groups is 1. The molecule has 21 heavy (non-hydrogen) atoms. The zero-order chi connectivity index (χ0) is 15.0. The first-order chi connectivity index (χ1) is 10.1. The summed E-state index contributed by atoms with van der Waals surface area (Å²) in [4.78, 5) is 26.0. The Balaban J connectivity index is 1.73. The summed E-state index contributed by atoms with van der Waals surface area (Å²) in [7, 11) is 0. The second-order valence-corrected chi connectivity index (χ2v) is 7.11. The Morgan fingerprint density at radius 3 is 2.52 bits per heavy atom. The Morgan fingerprint density at radius 2 is 2.00 bits per heavy atom. The molecule has 2 aliphatic heterocycles. The fourth-order valence-corrected chi connectivity index (χ4v) is 4.29. The van der Waals surface area contributed by atoms with Gasteiger partial charge in [0.2, 0.25) is 0 Å². The van der Waals surface area contributed by atoms with Gasteiger partial charge >= 0.3 is 0 Å². The molecule has 2 fully saturated rings. The highest BCUT2D eigenvalue weighted by Crippen LogP contribution is 2.31. The summed E-state index contributed by atoms with van der Waals surface area (Å²) < 4.78 is 0. The number of rotatable bonds is 2. The van der Waals surface area contributed by atoms with Gasteiger partial charge in [0.1, 0.15) is 0 Å². The van der Waals surface area contributed by atoms with Crippen LogP contribution in [-0.4, -0.2) is 41.9 Å². The quantitative estimate of drug-likeness (QED) is 0.670. The maximum absolute atomic E-state index is 12.6. The molecule has 1 N–H and O–H groups in total. The predicted molar refractivity (Wildman–Crippen MR) is 80.7 cm³/mol. The van der Waals surface area contributed by atoms with Gasteiger partial charge in [0.05, 0.1) is 14.7 Å². The molecule has 0 aliphatic carbocycles. The third-order valence-electron chi connectivity index (χ3n) is 4.61. The van der Waals surface area contributed by atoms with Gasteiger partial charge in [0, 0.05) is 19.2 Å². The van der Waals surface area contributed by atoms with Gasteiger partial charge in [0.15, 0.2) is 0 Å². The molecule has 2 saturated heterocycles. The normalized spacial score (nSPS) is 25.5. The van der Waals surface area contributed by atoms with E-state index in [2.05, 4.69) is 5.32 Å². The molecule has 7 heteroatoms. The van der Waals surface area contributed by atoms with Crippen molar-refractivity contribution in [2.24, 2.45) is 11.8 Å². The number of nitrogens with zero attached hydrogens (tertiary/aromatic N) is 2. The van der Waals surface area contributed by atoms with E-state index in [0.29, 0.717) is 21.6 Å². The Hall–Kier alpha value is -1.47. The topological polar surface area (TPSA) is 75.5 Å². The highest BCUT2D eigenvalue weighted by atomic mass is 32.1. The minimum atomic E-state index is -0.416. The molecule has 114 valence electrons. The molecule has 0 spiro atoms. The standard InChI is InChI=1S/C14H19N3O3S/c1-9-12(17(19)20)6-13(21-9)14(18)16-4-2-10-7-15-8-11(10)3-5-16/h6,10-11,15H,2-5,7-8H2,1H3/t10-,11+. The first-order valence-corrected chi connectivity index (χ1v) is 8.12.